The van der Waals surface area contributed by atoms with Gasteiger partial charge in [-0.05, 0) is 18.1 Å². The van der Waals surface area contributed by atoms with Gasteiger partial charge >= 0.3 is 0 Å². The van der Waals surface area contributed by atoms with Crippen molar-refractivity contribution in [2.75, 3.05) is 31.6 Å². The Hall–Kier alpha value is -1.92. The summed E-state index contributed by atoms with van der Waals surface area (Å²) in [6, 6.07) is 7.82. The van der Waals surface area contributed by atoms with Crippen molar-refractivity contribution in [2.45, 2.75) is 18.9 Å². The SMILES string of the molecule is COC(CN)CC(=O)NCC(=O)N1CCc2ccccc21. The molecule has 1 aromatic carbocycles. The molecule has 2 rings (SSSR count). The number of fused-ring (bicyclic) bond motifs is 1. The number of para-hydroxylation sites is 1. The standard InChI is InChI=1S/C15H21N3O3/c1-21-12(9-16)8-14(19)17-10-15(20)18-7-6-11-4-2-3-5-13(11)18/h2-5,12H,6-10,16H2,1H3,(H,17,19). The number of carbonyl (C=O) groups excluding carboxylic acids is 2. The van der Waals surface area contributed by atoms with Gasteiger partial charge in [-0.2, -0.15) is 0 Å². The zero-order valence-corrected chi connectivity index (χ0v) is 12.2. The first-order valence-corrected chi connectivity index (χ1v) is 7.03. The summed E-state index contributed by atoms with van der Waals surface area (Å²) in [5, 5.41) is 2.62. The van der Waals surface area contributed by atoms with Gasteiger partial charge in [0.05, 0.1) is 19.1 Å². The molecule has 0 fully saturated rings. The molecule has 0 spiro atoms. The fourth-order valence-electron chi connectivity index (χ4n) is 2.41. The van der Waals surface area contributed by atoms with Gasteiger partial charge in [-0.3, -0.25) is 9.59 Å². The number of nitrogens with zero attached hydrogens (tertiary/aromatic N) is 1. The maximum absolute atomic E-state index is 12.2. The molecule has 1 heterocycles. The Morgan fingerprint density at radius 3 is 2.90 bits per heavy atom. The van der Waals surface area contributed by atoms with Crippen LogP contribution in [0, 0.1) is 0 Å². The molecule has 2 amide bonds. The van der Waals surface area contributed by atoms with E-state index in [2.05, 4.69) is 5.32 Å². The molecular weight excluding hydrogens is 270 g/mol. The van der Waals surface area contributed by atoms with E-state index in [1.165, 1.54) is 12.7 Å². The fraction of sp³-hybridized carbons (Fsp3) is 0.467. The molecule has 1 aliphatic heterocycles. The van der Waals surface area contributed by atoms with Crippen LogP contribution in [0.4, 0.5) is 5.69 Å². The van der Waals surface area contributed by atoms with Gasteiger partial charge < -0.3 is 20.7 Å². The number of nitrogens with two attached hydrogens (primary N) is 1. The molecule has 0 bridgehead atoms. The lowest BCUT2D eigenvalue weighted by Gasteiger charge is -2.18. The van der Waals surface area contributed by atoms with E-state index in [0.29, 0.717) is 6.54 Å². The summed E-state index contributed by atoms with van der Waals surface area (Å²) in [5.41, 5.74) is 7.56. The number of anilines is 1. The zero-order chi connectivity index (χ0) is 15.2. The van der Waals surface area contributed by atoms with Crippen molar-refractivity contribution in [1.82, 2.24) is 5.32 Å². The Kier molecular flexibility index (Phi) is 5.30. The maximum atomic E-state index is 12.2. The Morgan fingerprint density at radius 1 is 1.43 bits per heavy atom. The first-order valence-electron chi connectivity index (χ1n) is 7.03. The molecule has 0 aliphatic carbocycles. The number of hydrogen-bond acceptors (Lipinski definition) is 4. The second-order valence-electron chi connectivity index (χ2n) is 5.00. The largest absolute Gasteiger partial charge is 0.380 e. The van der Waals surface area contributed by atoms with E-state index in [-0.39, 0.29) is 37.4 Å². The van der Waals surface area contributed by atoms with Gasteiger partial charge in [0.25, 0.3) is 0 Å². The quantitative estimate of drug-likeness (QED) is 0.776. The second kappa shape index (κ2) is 7.19. The third-order valence-electron chi connectivity index (χ3n) is 3.63. The summed E-state index contributed by atoms with van der Waals surface area (Å²) in [5.74, 6) is -0.330. The minimum Gasteiger partial charge on any atom is -0.380 e. The molecule has 21 heavy (non-hydrogen) atoms. The smallest absolute Gasteiger partial charge is 0.246 e. The minimum atomic E-state index is -0.312. The third kappa shape index (κ3) is 3.80. The molecule has 1 aromatic rings. The monoisotopic (exact) mass is 291 g/mol. The molecule has 1 unspecified atom stereocenters. The maximum Gasteiger partial charge on any atom is 0.246 e. The van der Waals surface area contributed by atoms with Crippen molar-refractivity contribution >= 4 is 17.5 Å². The van der Waals surface area contributed by atoms with Crippen LogP contribution in [-0.4, -0.2) is 44.7 Å². The Bertz CT molecular complexity index is 515. The lowest BCUT2D eigenvalue weighted by Crippen LogP contribution is -2.41. The van der Waals surface area contributed by atoms with Crippen molar-refractivity contribution in [1.29, 1.82) is 0 Å². The molecule has 6 heteroatoms. The van der Waals surface area contributed by atoms with E-state index in [0.717, 1.165) is 12.1 Å². The summed E-state index contributed by atoms with van der Waals surface area (Å²) in [7, 11) is 1.51. The molecule has 1 atom stereocenters. The highest BCUT2D eigenvalue weighted by Gasteiger charge is 2.24. The zero-order valence-electron chi connectivity index (χ0n) is 12.2. The minimum absolute atomic E-state index is 0.00578. The van der Waals surface area contributed by atoms with Gasteiger partial charge in [-0.1, -0.05) is 18.2 Å². The van der Waals surface area contributed by atoms with Crippen LogP contribution >= 0.6 is 0 Å². The molecule has 3 N–H and O–H groups in total. The molecule has 1 aliphatic rings. The van der Waals surface area contributed by atoms with Crippen molar-refractivity contribution in [3.05, 3.63) is 29.8 Å². The van der Waals surface area contributed by atoms with E-state index < -0.39 is 0 Å². The first kappa shape index (κ1) is 15.5. The number of benzene rings is 1. The van der Waals surface area contributed by atoms with Crippen molar-refractivity contribution in [3.8, 4) is 0 Å². The van der Waals surface area contributed by atoms with Gasteiger partial charge in [-0.25, -0.2) is 0 Å². The summed E-state index contributed by atoms with van der Waals surface area (Å²) in [4.78, 5) is 25.6. The fourth-order valence-corrected chi connectivity index (χ4v) is 2.41. The van der Waals surface area contributed by atoms with Gasteiger partial charge in [0.1, 0.15) is 0 Å². The highest BCUT2D eigenvalue weighted by Crippen LogP contribution is 2.27. The lowest BCUT2D eigenvalue weighted by atomic mass is 10.2. The molecule has 0 radical (unpaired) electrons. The van der Waals surface area contributed by atoms with Crippen LogP contribution < -0.4 is 16.0 Å². The average molecular weight is 291 g/mol. The second-order valence-corrected chi connectivity index (χ2v) is 5.00. The van der Waals surface area contributed by atoms with E-state index in [1.54, 1.807) is 4.90 Å². The molecule has 0 saturated heterocycles. The third-order valence-corrected chi connectivity index (χ3v) is 3.63. The van der Waals surface area contributed by atoms with E-state index >= 15 is 0 Å². The number of carbonyl (C=O) groups is 2. The average Bonchev–Trinajstić information content (AvgIpc) is 2.94. The number of rotatable bonds is 6. The normalized spacial score (nSPS) is 14.7. The number of hydrogen-bond donors (Lipinski definition) is 2. The van der Waals surface area contributed by atoms with E-state index in [1.807, 2.05) is 24.3 Å². The molecular formula is C15H21N3O3. The van der Waals surface area contributed by atoms with Gasteiger partial charge in [0.15, 0.2) is 0 Å². The first-order chi connectivity index (χ1) is 10.2. The van der Waals surface area contributed by atoms with Crippen molar-refractivity contribution in [3.63, 3.8) is 0 Å². The molecule has 6 nitrogen and oxygen atoms in total. The van der Waals surface area contributed by atoms with E-state index in [9.17, 15) is 9.59 Å². The summed E-state index contributed by atoms with van der Waals surface area (Å²) in [6.45, 7) is 0.934. The Labute approximate surface area is 124 Å². The topological polar surface area (TPSA) is 84.7 Å². The molecule has 114 valence electrons. The predicted molar refractivity (Wildman–Crippen MR) is 80.0 cm³/mol. The van der Waals surface area contributed by atoms with Gasteiger partial charge in [0, 0.05) is 25.9 Å². The summed E-state index contributed by atoms with van der Waals surface area (Å²) >= 11 is 0. The Balaban J connectivity index is 1.85. The Morgan fingerprint density at radius 2 is 2.19 bits per heavy atom. The van der Waals surface area contributed by atoms with Crippen LogP contribution in [0.1, 0.15) is 12.0 Å². The summed E-state index contributed by atoms with van der Waals surface area (Å²) < 4.78 is 5.04. The van der Waals surface area contributed by atoms with Crippen LogP contribution in [0.3, 0.4) is 0 Å². The van der Waals surface area contributed by atoms with Crippen LogP contribution in [0.25, 0.3) is 0 Å². The number of methoxy groups -OCH3 is 1. The number of nitrogens with one attached hydrogen (secondary N) is 1. The number of amides is 2. The number of ether oxygens (including phenoxy) is 1. The highest BCUT2D eigenvalue weighted by atomic mass is 16.5. The predicted octanol–water partition coefficient (Wildman–Crippen LogP) is 0.0557. The van der Waals surface area contributed by atoms with Crippen LogP contribution in [0.2, 0.25) is 0 Å². The van der Waals surface area contributed by atoms with Crippen LogP contribution in [-0.2, 0) is 20.7 Å². The summed E-state index contributed by atoms with van der Waals surface area (Å²) in [6.07, 6.45) is 0.707. The van der Waals surface area contributed by atoms with Crippen LogP contribution in [0.15, 0.2) is 24.3 Å². The lowest BCUT2D eigenvalue weighted by molar-refractivity contribution is -0.126. The van der Waals surface area contributed by atoms with Gasteiger partial charge in [0.2, 0.25) is 11.8 Å². The van der Waals surface area contributed by atoms with Crippen LogP contribution in [0.5, 0.6) is 0 Å². The highest BCUT2D eigenvalue weighted by molar-refractivity contribution is 5.98. The van der Waals surface area contributed by atoms with Crippen molar-refractivity contribution < 1.29 is 14.3 Å². The molecule has 0 saturated carbocycles. The van der Waals surface area contributed by atoms with Gasteiger partial charge in [-0.15, -0.1) is 0 Å². The van der Waals surface area contributed by atoms with Crippen molar-refractivity contribution in [2.24, 2.45) is 5.73 Å². The molecule has 0 aromatic heterocycles. The van der Waals surface area contributed by atoms with E-state index in [4.69, 9.17) is 10.5 Å².